The van der Waals surface area contributed by atoms with Crippen LogP contribution in [0.4, 0.5) is 4.39 Å². The lowest BCUT2D eigenvalue weighted by molar-refractivity contribution is -0.145. The minimum atomic E-state index is -0.484. The molecule has 3 heterocycles. The van der Waals surface area contributed by atoms with Crippen molar-refractivity contribution in [3.63, 3.8) is 0 Å². The summed E-state index contributed by atoms with van der Waals surface area (Å²) in [5, 5.41) is 3.83. The first-order chi connectivity index (χ1) is 14.5. The van der Waals surface area contributed by atoms with Crippen molar-refractivity contribution < 1.29 is 18.4 Å². The van der Waals surface area contributed by atoms with E-state index < -0.39 is 5.97 Å². The lowest BCUT2D eigenvalue weighted by Crippen LogP contribution is -2.18. The molecule has 0 atom stereocenters. The normalized spacial score (nSPS) is 11.0. The highest BCUT2D eigenvalue weighted by Crippen LogP contribution is 2.16. The molecule has 0 aliphatic carbocycles. The van der Waals surface area contributed by atoms with Gasteiger partial charge in [0.15, 0.2) is 0 Å². The third-order valence-electron chi connectivity index (χ3n) is 4.43. The Morgan fingerprint density at radius 1 is 1.17 bits per heavy atom. The van der Waals surface area contributed by atoms with Gasteiger partial charge in [0.1, 0.15) is 18.1 Å². The Labute approximate surface area is 170 Å². The number of pyridine rings is 1. The molecule has 0 spiro atoms. The molecule has 3 aromatic heterocycles. The smallest absolute Gasteiger partial charge is 0.306 e. The van der Waals surface area contributed by atoms with E-state index in [2.05, 4.69) is 15.1 Å². The SMILES string of the molecule is Cc1cccc2nc(COC(=O)CCc3nc(-c4ccc(F)cc4)no3)cc(=O)n12. The Morgan fingerprint density at radius 2 is 1.97 bits per heavy atom. The van der Waals surface area contributed by atoms with Gasteiger partial charge < -0.3 is 9.26 Å². The molecule has 0 radical (unpaired) electrons. The topological polar surface area (TPSA) is 99.6 Å². The quantitative estimate of drug-likeness (QED) is 0.452. The Kier molecular flexibility index (Phi) is 5.34. The number of ether oxygens (including phenoxy) is 1. The van der Waals surface area contributed by atoms with Crippen LogP contribution in [0.15, 0.2) is 57.8 Å². The number of carbonyl (C=O) groups excluding carboxylic acids is 1. The number of halogens is 1. The van der Waals surface area contributed by atoms with Crippen LogP contribution in [0.3, 0.4) is 0 Å². The maximum atomic E-state index is 13.0. The van der Waals surface area contributed by atoms with E-state index in [-0.39, 0.29) is 36.7 Å². The van der Waals surface area contributed by atoms with Crippen LogP contribution in [0.5, 0.6) is 0 Å². The van der Waals surface area contributed by atoms with Crippen LogP contribution in [0.1, 0.15) is 23.7 Å². The first kappa shape index (κ1) is 19.4. The van der Waals surface area contributed by atoms with E-state index in [1.165, 1.54) is 22.6 Å². The summed E-state index contributed by atoms with van der Waals surface area (Å²) in [5.74, 6) is -0.259. The van der Waals surface area contributed by atoms with Gasteiger partial charge in [-0.05, 0) is 43.3 Å². The number of aromatic nitrogens is 4. The van der Waals surface area contributed by atoms with Gasteiger partial charge in [-0.25, -0.2) is 9.37 Å². The van der Waals surface area contributed by atoms with Gasteiger partial charge in [0.05, 0.1) is 12.1 Å². The van der Waals surface area contributed by atoms with Gasteiger partial charge in [-0.2, -0.15) is 4.98 Å². The minimum Gasteiger partial charge on any atom is -0.459 e. The Balaban J connectivity index is 1.34. The maximum Gasteiger partial charge on any atom is 0.306 e. The van der Waals surface area contributed by atoms with Crippen molar-refractivity contribution in [2.24, 2.45) is 0 Å². The van der Waals surface area contributed by atoms with Gasteiger partial charge in [0.25, 0.3) is 5.56 Å². The summed E-state index contributed by atoms with van der Waals surface area (Å²) in [6, 6.07) is 12.4. The van der Waals surface area contributed by atoms with E-state index in [1.54, 1.807) is 24.3 Å². The molecular weight excluding hydrogens is 391 g/mol. The first-order valence-electron chi connectivity index (χ1n) is 9.22. The fourth-order valence-electron chi connectivity index (χ4n) is 2.95. The number of nitrogens with zero attached hydrogens (tertiary/aromatic N) is 4. The van der Waals surface area contributed by atoms with Crippen molar-refractivity contribution in [2.75, 3.05) is 0 Å². The van der Waals surface area contributed by atoms with Gasteiger partial charge >= 0.3 is 5.97 Å². The molecule has 0 aliphatic rings. The van der Waals surface area contributed by atoms with Crippen molar-refractivity contribution in [2.45, 2.75) is 26.4 Å². The van der Waals surface area contributed by atoms with Gasteiger partial charge in [0, 0.05) is 23.7 Å². The predicted octanol–water partition coefficient (Wildman–Crippen LogP) is 2.87. The minimum absolute atomic E-state index is 0.0245. The number of benzene rings is 1. The summed E-state index contributed by atoms with van der Waals surface area (Å²) in [6.07, 6.45) is 0.219. The molecule has 0 aliphatic heterocycles. The van der Waals surface area contributed by atoms with Crippen LogP contribution in [-0.4, -0.2) is 25.5 Å². The van der Waals surface area contributed by atoms with Crippen molar-refractivity contribution >= 4 is 11.6 Å². The molecule has 30 heavy (non-hydrogen) atoms. The zero-order chi connectivity index (χ0) is 21.1. The van der Waals surface area contributed by atoms with Crippen LogP contribution < -0.4 is 5.56 Å². The van der Waals surface area contributed by atoms with E-state index in [9.17, 15) is 14.0 Å². The van der Waals surface area contributed by atoms with Crippen molar-refractivity contribution in [1.82, 2.24) is 19.5 Å². The molecule has 0 unspecified atom stereocenters. The second kappa shape index (κ2) is 8.24. The lowest BCUT2D eigenvalue weighted by atomic mass is 10.2. The Hall–Kier alpha value is -3.88. The average Bonchev–Trinajstić information content (AvgIpc) is 3.20. The second-order valence-corrected chi connectivity index (χ2v) is 6.63. The monoisotopic (exact) mass is 408 g/mol. The summed E-state index contributed by atoms with van der Waals surface area (Å²) in [6.45, 7) is 1.71. The van der Waals surface area contributed by atoms with E-state index in [0.717, 1.165) is 5.69 Å². The molecule has 152 valence electrons. The molecule has 0 saturated carbocycles. The number of esters is 1. The zero-order valence-electron chi connectivity index (χ0n) is 16.0. The molecule has 0 saturated heterocycles. The molecule has 1 aromatic carbocycles. The van der Waals surface area contributed by atoms with E-state index in [0.29, 0.717) is 22.7 Å². The number of fused-ring (bicyclic) bond motifs is 1. The molecule has 0 fully saturated rings. The standard InChI is InChI=1S/C21H17FN4O4/c1-13-3-2-4-17-23-16(11-19(27)26(13)17)12-29-20(28)10-9-18-24-21(25-30-18)14-5-7-15(22)8-6-14/h2-8,11H,9-10,12H2,1H3. The van der Waals surface area contributed by atoms with Gasteiger partial charge in [-0.3, -0.25) is 14.0 Å². The van der Waals surface area contributed by atoms with Crippen molar-refractivity contribution in [3.8, 4) is 11.4 Å². The number of rotatable bonds is 6. The summed E-state index contributed by atoms with van der Waals surface area (Å²) in [4.78, 5) is 32.8. The number of hydrogen-bond acceptors (Lipinski definition) is 7. The third kappa shape index (κ3) is 4.24. The summed E-state index contributed by atoms with van der Waals surface area (Å²) < 4.78 is 24.8. The summed E-state index contributed by atoms with van der Waals surface area (Å²) >= 11 is 0. The molecule has 9 heteroatoms. The Bertz CT molecular complexity index is 1260. The van der Waals surface area contributed by atoms with Crippen LogP contribution >= 0.6 is 0 Å². The highest BCUT2D eigenvalue weighted by Gasteiger charge is 2.12. The second-order valence-electron chi connectivity index (χ2n) is 6.63. The van der Waals surface area contributed by atoms with Gasteiger partial charge in [-0.15, -0.1) is 0 Å². The van der Waals surface area contributed by atoms with Crippen molar-refractivity contribution in [1.29, 1.82) is 0 Å². The number of carbonyl (C=O) groups is 1. The van der Waals surface area contributed by atoms with Crippen LogP contribution in [0.2, 0.25) is 0 Å². The largest absolute Gasteiger partial charge is 0.459 e. The highest BCUT2D eigenvalue weighted by atomic mass is 19.1. The maximum absolute atomic E-state index is 13.0. The first-order valence-corrected chi connectivity index (χ1v) is 9.22. The lowest BCUT2D eigenvalue weighted by Gasteiger charge is -2.07. The summed E-state index contributed by atoms with van der Waals surface area (Å²) in [5.41, 5.74) is 2.01. The molecule has 0 amide bonds. The Morgan fingerprint density at radius 3 is 2.77 bits per heavy atom. The van der Waals surface area contributed by atoms with E-state index in [4.69, 9.17) is 9.26 Å². The van der Waals surface area contributed by atoms with E-state index in [1.807, 2.05) is 13.0 Å². The molecule has 0 bridgehead atoms. The fourth-order valence-corrected chi connectivity index (χ4v) is 2.95. The van der Waals surface area contributed by atoms with E-state index >= 15 is 0 Å². The van der Waals surface area contributed by atoms with Crippen LogP contribution in [0.25, 0.3) is 17.0 Å². The molecule has 4 rings (SSSR count). The van der Waals surface area contributed by atoms with Gasteiger partial charge in [-0.1, -0.05) is 11.2 Å². The molecule has 4 aromatic rings. The summed E-state index contributed by atoms with van der Waals surface area (Å²) in [7, 11) is 0. The van der Waals surface area contributed by atoms with Crippen LogP contribution in [0, 0.1) is 12.7 Å². The molecule has 8 nitrogen and oxygen atoms in total. The fraction of sp³-hybridized carbons (Fsp3) is 0.190. The molecule has 0 N–H and O–H groups in total. The zero-order valence-corrected chi connectivity index (χ0v) is 16.0. The van der Waals surface area contributed by atoms with Crippen LogP contribution in [-0.2, 0) is 22.6 Å². The number of aryl methyl sites for hydroxylation is 2. The number of hydrogen-bond donors (Lipinski definition) is 0. The average molecular weight is 408 g/mol. The predicted molar refractivity (Wildman–Crippen MR) is 104 cm³/mol. The van der Waals surface area contributed by atoms with Gasteiger partial charge in [0.2, 0.25) is 11.7 Å². The molecular formula is C21H17FN4O4. The third-order valence-corrected chi connectivity index (χ3v) is 4.43. The highest BCUT2D eigenvalue weighted by molar-refractivity contribution is 5.69. The van der Waals surface area contributed by atoms with Crippen molar-refractivity contribution in [3.05, 3.63) is 82.0 Å².